The molecule has 59 heavy (non-hydrogen) atoms. The summed E-state index contributed by atoms with van der Waals surface area (Å²) in [5, 5.41) is 12.4. The Morgan fingerprint density at radius 1 is 0.831 bits per heavy atom. The molecule has 304 valence electrons. The van der Waals surface area contributed by atoms with Crippen molar-refractivity contribution in [3.8, 4) is 17.2 Å². The third-order valence-corrected chi connectivity index (χ3v) is 13.9. The molecule has 4 aromatic carbocycles. The Bertz CT molecular complexity index is 2370. The number of rotatable bonds is 9. The van der Waals surface area contributed by atoms with Crippen LogP contribution in [0.3, 0.4) is 0 Å². The van der Waals surface area contributed by atoms with Gasteiger partial charge in [0.05, 0.1) is 48.1 Å². The molecule has 4 aromatic rings. The Morgan fingerprint density at radius 2 is 1.58 bits per heavy atom. The van der Waals surface area contributed by atoms with Crippen LogP contribution in [0.25, 0.3) is 0 Å². The number of carbonyl (C=O) groups is 4. The third kappa shape index (κ3) is 6.36. The fourth-order valence-electron chi connectivity index (χ4n) is 10.7. The lowest BCUT2D eigenvalue weighted by Gasteiger charge is -2.50. The Balaban J connectivity index is 1.13. The number of anilines is 1. The number of benzene rings is 4. The third-order valence-electron chi connectivity index (χ3n) is 13.3. The van der Waals surface area contributed by atoms with Crippen LogP contribution in [0.5, 0.6) is 17.2 Å². The second-order valence-corrected chi connectivity index (χ2v) is 17.0. The summed E-state index contributed by atoms with van der Waals surface area (Å²) in [5.74, 6) is -4.34. The lowest BCUT2D eigenvalue weighted by Crippen LogP contribution is -2.53. The highest BCUT2D eigenvalue weighted by atomic mass is 35.5. The molecule has 0 aromatic heterocycles. The summed E-state index contributed by atoms with van der Waals surface area (Å²) < 4.78 is 11.1. The second kappa shape index (κ2) is 15.3. The first-order valence-corrected chi connectivity index (χ1v) is 20.7. The number of imide groups is 2. The highest BCUT2D eigenvalue weighted by Gasteiger charge is 2.70. The lowest BCUT2D eigenvalue weighted by atomic mass is 9.49. The van der Waals surface area contributed by atoms with Crippen LogP contribution < -0.4 is 14.9 Å². The van der Waals surface area contributed by atoms with Crippen molar-refractivity contribution in [3.63, 3.8) is 0 Å². The number of phenols is 1. The van der Waals surface area contributed by atoms with E-state index in [1.807, 2.05) is 36.4 Å². The summed E-state index contributed by atoms with van der Waals surface area (Å²) in [7, 11) is 3.00. The van der Waals surface area contributed by atoms with Gasteiger partial charge in [-0.05, 0) is 90.8 Å². The van der Waals surface area contributed by atoms with Crippen molar-refractivity contribution in [1.29, 1.82) is 0 Å². The van der Waals surface area contributed by atoms with Crippen molar-refractivity contribution in [3.05, 3.63) is 129 Å². The zero-order valence-electron chi connectivity index (χ0n) is 32.6. The Morgan fingerprint density at radius 3 is 2.27 bits per heavy atom. The number of hydrogen-bond donors (Lipinski definition) is 2. The van der Waals surface area contributed by atoms with Crippen molar-refractivity contribution in [1.82, 2.24) is 14.8 Å². The van der Waals surface area contributed by atoms with E-state index in [-0.39, 0.29) is 40.8 Å². The van der Waals surface area contributed by atoms with E-state index in [4.69, 9.17) is 32.7 Å². The summed E-state index contributed by atoms with van der Waals surface area (Å²) in [5.41, 5.74) is 5.01. The molecule has 9 rings (SSSR count). The van der Waals surface area contributed by atoms with Crippen molar-refractivity contribution >= 4 is 52.5 Å². The maximum absolute atomic E-state index is 15.5. The number of methoxy groups -OCH3 is 2. The maximum Gasteiger partial charge on any atom is 0.260 e. The topological polar surface area (TPSA) is 129 Å². The number of hydrazine groups is 1. The molecule has 0 spiro atoms. The summed E-state index contributed by atoms with van der Waals surface area (Å²) in [6, 6.07) is 26.9. The highest BCUT2D eigenvalue weighted by molar-refractivity contribution is 6.36. The van der Waals surface area contributed by atoms with Gasteiger partial charge in [-0.2, -0.15) is 5.01 Å². The van der Waals surface area contributed by atoms with Crippen LogP contribution in [-0.4, -0.2) is 76.9 Å². The van der Waals surface area contributed by atoms with Gasteiger partial charge in [0.2, 0.25) is 11.8 Å². The van der Waals surface area contributed by atoms with E-state index in [0.29, 0.717) is 46.8 Å². The minimum atomic E-state index is -1.54. The largest absolute Gasteiger partial charge is 0.504 e. The molecule has 5 aliphatic rings. The number of halogens is 2. The fraction of sp³-hybridized carbons (Fsp3) is 0.348. The lowest BCUT2D eigenvalue weighted by molar-refractivity contribution is -0.144. The molecule has 1 saturated carbocycles. The molecule has 2 aliphatic carbocycles. The highest BCUT2D eigenvalue weighted by Crippen LogP contribution is 2.64. The van der Waals surface area contributed by atoms with E-state index >= 15 is 9.59 Å². The SMILES string of the molecule is COc1ccc([C@@]23C(=O)N(Nc4ccc(Cl)cc4Cl)C(=O)[C@@H]2C[C@@H]2C(=CC[C@@H]4C(=O)N(C5CCN(Cc6ccccc6)CC5)C(=O)[C@@H]42)[C@@H]3c2ccc(O)c(OC)c2)cc1. The quantitative estimate of drug-likeness (QED) is 0.131. The van der Waals surface area contributed by atoms with Gasteiger partial charge in [0.1, 0.15) is 5.75 Å². The van der Waals surface area contributed by atoms with E-state index in [1.54, 1.807) is 43.5 Å². The summed E-state index contributed by atoms with van der Waals surface area (Å²) >= 11 is 12.8. The number of piperidine rings is 1. The molecule has 3 aliphatic heterocycles. The van der Waals surface area contributed by atoms with E-state index in [0.717, 1.165) is 30.2 Å². The van der Waals surface area contributed by atoms with Crippen LogP contribution in [0.1, 0.15) is 48.3 Å². The van der Waals surface area contributed by atoms with Crippen molar-refractivity contribution < 1.29 is 33.8 Å². The van der Waals surface area contributed by atoms with Crippen LogP contribution in [-0.2, 0) is 31.1 Å². The molecule has 0 radical (unpaired) electrons. The number of phenolic OH excluding ortho intramolecular Hbond substituents is 1. The monoisotopic (exact) mass is 834 g/mol. The number of carbonyl (C=O) groups excluding carboxylic acids is 4. The number of amides is 4. The van der Waals surface area contributed by atoms with E-state index in [2.05, 4.69) is 22.5 Å². The number of allylic oxidation sites excluding steroid dienone is 2. The van der Waals surface area contributed by atoms with Crippen LogP contribution in [0.4, 0.5) is 5.69 Å². The number of hydrogen-bond acceptors (Lipinski definition) is 9. The number of fused-ring (bicyclic) bond motifs is 4. The minimum Gasteiger partial charge on any atom is -0.504 e. The molecule has 4 fully saturated rings. The summed E-state index contributed by atoms with van der Waals surface area (Å²) in [6.07, 6.45) is 3.83. The predicted molar refractivity (Wildman–Crippen MR) is 222 cm³/mol. The zero-order valence-corrected chi connectivity index (χ0v) is 34.2. The van der Waals surface area contributed by atoms with E-state index in [1.165, 1.54) is 29.7 Å². The van der Waals surface area contributed by atoms with E-state index in [9.17, 15) is 14.7 Å². The molecule has 2 N–H and O–H groups in total. The number of nitrogens with one attached hydrogen (secondary N) is 1. The average molecular weight is 836 g/mol. The number of likely N-dealkylation sites (tertiary alicyclic amines) is 2. The normalized spacial score (nSPS) is 27.0. The Hall–Kier alpha value is -5.36. The minimum absolute atomic E-state index is 0.0899. The number of nitrogens with zero attached hydrogens (tertiary/aromatic N) is 3. The molecule has 6 atom stereocenters. The zero-order chi connectivity index (χ0) is 41.2. The van der Waals surface area contributed by atoms with Gasteiger partial charge in [0, 0.05) is 36.6 Å². The molecule has 11 nitrogen and oxygen atoms in total. The Labute approximate surface area is 352 Å². The van der Waals surface area contributed by atoms with Gasteiger partial charge in [-0.15, -0.1) is 0 Å². The number of aromatic hydroxyl groups is 1. The predicted octanol–water partition coefficient (Wildman–Crippen LogP) is 7.37. The molecule has 0 unspecified atom stereocenters. The smallest absolute Gasteiger partial charge is 0.260 e. The molecule has 3 saturated heterocycles. The molecule has 4 amide bonds. The van der Waals surface area contributed by atoms with Crippen molar-refractivity contribution in [2.45, 2.75) is 49.6 Å². The van der Waals surface area contributed by atoms with Gasteiger partial charge in [0.25, 0.3) is 11.8 Å². The van der Waals surface area contributed by atoms with Crippen LogP contribution in [0, 0.1) is 23.7 Å². The van der Waals surface area contributed by atoms with Crippen LogP contribution >= 0.6 is 23.2 Å². The molecule has 3 heterocycles. The van der Waals surface area contributed by atoms with Crippen molar-refractivity contribution in [2.24, 2.45) is 23.7 Å². The summed E-state index contributed by atoms with van der Waals surface area (Å²) in [4.78, 5) is 63.8. The average Bonchev–Trinajstić information content (AvgIpc) is 3.63. The molecule has 13 heteroatoms. The van der Waals surface area contributed by atoms with Gasteiger partial charge in [-0.3, -0.25) is 34.4 Å². The summed E-state index contributed by atoms with van der Waals surface area (Å²) in [6.45, 7) is 2.32. The molecular formula is C46H44Cl2N4O7. The van der Waals surface area contributed by atoms with Gasteiger partial charge < -0.3 is 14.6 Å². The van der Waals surface area contributed by atoms with Gasteiger partial charge >= 0.3 is 0 Å². The molecule has 0 bridgehead atoms. The molecular weight excluding hydrogens is 791 g/mol. The first kappa shape index (κ1) is 39.1. The maximum atomic E-state index is 15.5. The standard InChI is InChI=1S/C46H44Cl2N4O7/c1-58-31-12-9-28(10-13-31)46-35(43(55)52(45(46)57)49-37-16-11-29(47)23-36(37)48)24-34-32(41(46)27-8-17-38(53)39(22-27)59-2)14-15-33-40(34)44(56)51(42(33)54)30-18-20-50(21-19-30)25-26-6-4-3-5-7-26/h3-14,16-17,22-23,30,33-35,40-41,49,53H,15,18-21,24-25H2,1-2H3/t33-,34+,35-,40-,41-,46+/m0/s1. The fourth-order valence-corrected chi connectivity index (χ4v) is 11.1. The first-order chi connectivity index (χ1) is 28.5. The first-order valence-electron chi connectivity index (χ1n) is 20.0. The van der Waals surface area contributed by atoms with Crippen molar-refractivity contribution in [2.75, 3.05) is 32.7 Å². The van der Waals surface area contributed by atoms with E-state index < -0.39 is 46.8 Å². The van der Waals surface area contributed by atoms with Gasteiger partial charge in [0.15, 0.2) is 11.5 Å². The second-order valence-electron chi connectivity index (χ2n) is 16.2. The van der Waals surface area contributed by atoms with Crippen LogP contribution in [0.15, 0.2) is 103 Å². The van der Waals surface area contributed by atoms with Crippen LogP contribution in [0.2, 0.25) is 10.0 Å². The number of ether oxygens (including phenoxy) is 2. The Kier molecular flexibility index (Phi) is 10.2. The van der Waals surface area contributed by atoms with Gasteiger partial charge in [-0.25, -0.2) is 0 Å². The van der Waals surface area contributed by atoms with Gasteiger partial charge in [-0.1, -0.05) is 83.4 Å².